The highest BCUT2D eigenvalue weighted by Crippen LogP contribution is 2.40. The number of halogens is 1. The quantitative estimate of drug-likeness (QED) is 0.646. The van der Waals surface area contributed by atoms with Crippen LogP contribution >= 0.6 is 11.6 Å². The summed E-state index contributed by atoms with van der Waals surface area (Å²) < 4.78 is 0. The number of nitrogens with one attached hydrogen (secondary N) is 1. The molecule has 1 aliphatic carbocycles. The molecule has 0 aromatic heterocycles. The molecule has 1 fully saturated rings. The summed E-state index contributed by atoms with van der Waals surface area (Å²) in [7, 11) is 0. The molecule has 3 N–H and O–H groups in total. The maximum atomic E-state index is 6.07. The van der Waals surface area contributed by atoms with Gasteiger partial charge in [-0.05, 0) is 60.1 Å². The van der Waals surface area contributed by atoms with Crippen LogP contribution in [-0.4, -0.2) is 0 Å². The zero-order valence-corrected chi connectivity index (χ0v) is 13.0. The van der Waals surface area contributed by atoms with Gasteiger partial charge in [-0.2, -0.15) is 0 Å². The molecule has 21 heavy (non-hydrogen) atoms. The first-order valence-electron chi connectivity index (χ1n) is 7.51. The van der Waals surface area contributed by atoms with Crippen molar-refractivity contribution >= 4 is 11.6 Å². The summed E-state index contributed by atoms with van der Waals surface area (Å²) in [5, 5.41) is 0.763. The van der Waals surface area contributed by atoms with E-state index in [0.29, 0.717) is 5.92 Å². The first kappa shape index (κ1) is 14.6. The monoisotopic (exact) mass is 300 g/mol. The molecule has 0 radical (unpaired) electrons. The van der Waals surface area contributed by atoms with E-state index in [1.807, 2.05) is 12.1 Å². The van der Waals surface area contributed by atoms with Gasteiger partial charge in [0.1, 0.15) is 0 Å². The van der Waals surface area contributed by atoms with Crippen molar-refractivity contribution in [1.82, 2.24) is 5.43 Å². The normalized spacial score (nSPS) is 16.5. The second-order valence-corrected chi connectivity index (χ2v) is 6.29. The minimum Gasteiger partial charge on any atom is -0.271 e. The molecule has 1 atom stereocenters. The van der Waals surface area contributed by atoms with E-state index in [9.17, 15) is 0 Å². The third-order valence-corrected chi connectivity index (χ3v) is 4.80. The van der Waals surface area contributed by atoms with Crippen molar-refractivity contribution in [3.8, 4) is 0 Å². The molecule has 3 heteroatoms. The van der Waals surface area contributed by atoms with Crippen LogP contribution < -0.4 is 11.3 Å². The Hall–Kier alpha value is -1.35. The Bertz CT molecular complexity index is 635. The van der Waals surface area contributed by atoms with E-state index in [4.69, 9.17) is 17.4 Å². The van der Waals surface area contributed by atoms with Crippen molar-refractivity contribution in [1.29, 1.82) is 0 Å². The number of hydrazine groups is 1. The highest BCUT2D eigenvalue weighted by Gasteiger charge is 2.25. The summed E-state index contributed by atoms with van der Waals surface area (Å²) in [5.41, 5.74) is 8.06. The van der Waals surface area contributed by atoms with Crippen molar-refractivity contribution in [2.45, 2.75) is 38.1 Å². The topological polar surface area (TPSA) is 38.0 Å². The van der Waals surface area contributed by atoms with E-state index in [2.05, 4.69) is 42.7 Å². The average molecular weight is 301 g/mol. The van der Waals surface area contributed by atoms with Crippen LogP contribution in [0.4, 0.5) is 0 Å². The maximum Gasteiger partial charge on any atom is 0.0715 e. The SMILES string of the molecule is Cc1cc(Cl)ccc1C(NN)c1ccccc1C1CCC1. The highest BCUT2D eigenvalue weighted by atomic mass is 35.5. The fourth-order valence-electron chi connectivity index (χ4n) is 3.17. The van der Waals surface area contributed by atoms with Crippen LogP contribution in [0.3, 0.4) is 0 Å². The molecule has 0 aliphatic heterocycles. The molecule has 3 rings (SSSR count). The molecule has 110 valence electrons. The lowest BCUT2D eigenvalue weighted by Gasteiger charge is -2.31. The first-order chi connectivity index (χ1) is 10.2. The van der Waals surface area contributed by atoms with Gasteiger partial charge < -0.3 is 0 Å². The predicted molar refractivity (Wildman–Crippen MR) is 88.4 cm³/mol. The summed E-state index contributed by atoms with van der Waals surface area (Å²) in [5.74, 6) is 6.57. The van der Waals surface area contributed by atoms with Crippen LogP contribution in [0.25, 0.3) is 0 Å². The van der Waals surface area contributed by atoms with Gasteiger partial charge in [0.25, 0.3) is 0 Å². The minimum absolute atomic E-state index is 0.0130. The smallest absolute Gasteiger partial charge is 0.0715 e. The van der Waals surface area contributed by atoms with E-state index in [1.54, 1.807) is 0 Å². The van der Waals surface area contributed by atoms with Crippen molar-refractivity contribution in [2.75, 3.05) is 0 Å². The summed E-state index contributed by atoms with van der Waals surface area (Å²) in [6, 6.07) is 14.7. The molecular weight excluding hydrogens is 280 g/mol. The predicted octanol–water partition coefficient (Wildman–Crippen LogP) is 4.47. The third-order valence-electron chi connectivity index (χ3n) is 4.56. The number of hydrogen-bond donors (Lipinski definition) is 2. The maximum absolute atomic E-state index is 6.07. The van der Waals surface area contributed by atoms with Crippen molar-refractivity contribution in [2.24, 2.45) is 5.84 Å². The Kier molecular flexibility index (Phi) is 4.29. The summed E-state index contributed by atoms with van der Waals surface area (Å²) >= 11 is 6.07. The summed E-state index contributed by atoms with van der Waals surface area (Å²) in [4.78, 5) is 0. The Morgan fingerprint density at radius 3 is 2.52 bits per heavy atom. The zero-order valence-electron chi connectivity index (χ0n) is 12.3. The van der Waals surface area contributed by atoms with Crippen LogP contribution in [0, 0.1) is 6.92 Å². The van der Waals surface area contributed by atoms with Gasteiger partial charge in [0.05, 0.1) is 6.04 Å². The van der Waals surface area contributed by atoms with Crippen LogP contribution in [0.5, 0.6) is 0 Å². The first-order valence-corrected chi connectivity index (χ1v) is 7.89. The lowest BCUT2D eigenvalue weighted by atomic mass is 9.76. The summed E-state index contributed by atoms with van der Waals surface area (Å²) in [6.07, 6.45) is 3.90. The molecule has 0 bridgehead atoms. The second-order valence-electron chi connectivity index (χ2n) is 5.86. The zero-order chi connectivity index (χ0) is 14.8. The molecule has 1 aliphatic rings. The standard InChI is InChI=1S/C18H21ClN2/c1-12-11-14(19)9-10-15(12)18(21-20)17-8-3-2-7-16(17)13-5-4-6-13/h2-3,7-11,13,18,21H,4-6,20H2,1H3. The number of rotatable bonds is 4. The largest absolute Gasteiger partial charge is 0.271 e. The number of aryl methyl sites for hydroxylation is 1. The number of benzene rings is 2. The molecule has 0 saturated heterocycles. The lowest BCUT2D eigenvalue weighted by Crippen LogP contribution is -2.30. The Labute approximate surface area is 131 Å². The molecular formula is C18H21ClN2. The van der Waals surface area contributed by atoms with E-state index in [1.165, 1.54) is 36.0 Å². The molecule has 1 saturated carbocycles. The van der Waals surface area contributed by atoms with Crippen LogP contribution in [0.15, 0.2) is 42.5 Å². The fraction of sp³-hybridized carbons (Fsp3) is 0.333. The van der Waals surface area contributed by atoms with Gasteiger partial charge in [-0.1, -0.05) is 48.4 Å². The molecule has 2 aromatic rings. The van der Waals surface area contributed by atoms with Gasteiger partial charge in [-0.15, -0.1) is 0 Å². The second kappa shape index (κ2) is 6.18. The van der Waals surface area contributed by atoms with Crippen molar-refractivity contribution in [3.05, 3.63) is 69.7 Å². The van der Waals surface area contributed by atoms with Gasteiger partial charge >= 0.3 is 0 Å². The van der Waals surface area contributed by atoms with E-state index in [0.717, 1.165) is 10.6 Å². The van der Waals surface area contributed by atoms with E-state index in [-0.39, 0.29) is 6.04 Å². The minimum atomic E-state index is 0.0130. The van der Waals surface area contributed by atoms with Crippen molar-refractivity contribution < 1.29 is 0 Å². The number of hydrogen-bond acceptors (Lipinski definition) is 2. The fourth-order valence-corrected chi connectivity index (χ4v) is 3.40. The van der Waals surface area contributed by atoms with Crippen LogP contribution in [0.1, 0.15) is 53.5 Å². The van der Waals surface area contributed by atoms with Gasteiger partial charge in [0.2, 0.25) is 0 Å². The Morgan fingerprint density at radius 2 is 1.90 bits per heavy atom. The Balaban J connectivity index is 2.03. The molecule has 2 aromatic carbocycles. The van der Waals surface area contributed by atoms with E-state index < -0.39 is 0 Å². The molecule has 1 unspecified atom stereocenters. The van der Waals surface area contributed by atoms with Gasteiger partial charge in [0, 0.05) is 5.02 Å². The van der Waals surface area contributed by atoms with Crippen LogP contribution in [0.2, 0.25) is 5.02 Å². The molecule has 0 spiro atoms. The lowest BCUT2D eigenvalue weighted by molar-refractivity contribution is 0.414. The van der Waals surface area contributed by atoms with Gasteiger partial charge in [0.15, 0.2) is 0 Å². The summed E-state index contributed by atoms with van der Waals surface area (Å²) in [6.45, 7) is 2.08. The Morgan fingerprint density at radius 1 is 1.14 bits per heavy atom. The third kappa shape index (κ3) is 2.84. The number of nitrogens with two attached hydrogens (primary N) is 1. The highest BCUT2D eigenvalue weighted by molar-refractivity contribution is 6.30. The molecule has 0 heterocycles. The molecule has 0 amide bonds. The van der Waals surface area contributed by atoms with Gasteiger partial charge in [-0.25, -0.2) is 5.43 Å². The van der Waals surface area contributed by atoms with Crippen LogP contribution in [-0.2, 0) is 0 Å². The van der Waals surface area contributed by atoms with Crippen molar-refractivity contribution in [3.63, 3.8) is 0 Å². The molecule has 2 nitrogen and oxygen atoms in total. The van der Waals surface area contributed by atoms with E-state index >= 15 is 0 Å². The van der Waals surface area contributed by atoms with Gasteiger partial charge in [-0.3, -0.25) is 5.84 Å². The average Bonchev–Trinajstić information content (AvgIpc) is 2.41.